The SMILES string of the molecule is CCNC(=NCCC(=O)Nc1ccc(Br)cc1C)N1CCC2(CCOC2)C1. The fourth-order valence-electron chi connectivity index (χ4n) is 3.76. The predicted molar refractivity (Wildman–Crippen MR) is 112 cm³/mol. The summed E-state index contributed by atoms with van der Waals surface area (Å²) in [4.78, 5) is 19.3. The third-order valence-electron chi connectivity index (χ3n) is 5.32. The number of nitrogens with zero attached hydrogens (tertiary/aromatic N) is 2. The monoisotopic (exact) mass is 436 g/mol. The molecule has 148 valence electrons. The molecule has 1 amide bonds. The lowest BCUT2D eigenvalue weighted by molar-refractivity contribution is -0.116. The van der Waals surface area contributed by atoms with Crippen molar-refractivity contribution in [1.82, 2.24) is 10.2 Å². The average molecular weight is 437 g/mol. The highest BCUT2D eigenvalue weighted by atomic mass is 79.9. The number of likely N-dealkylation sites (tertiary alicyclic amines) is 1. The number of aliphatic imine (C=N–C) groups is 1. The number of carbonyl (C=O) groups is 1. The van der Waals surface area contributed by atoms with E-state index < -0.39 is 0 Å². The largest absolute Gasteiger partial charge is 0.381 e. The number of ether oxygens (including phenoxy) is 1. The maximum atomic E-state index is 12.3. The van der Waals surface area contributed by atoms with Gasteiger partial charge in [-0.3, -0.25) is 9.79 Å². The molecule has 2 N–H and O–H groups in total. The molecule has 7 heteroatoms. The van der Waals surface area contributed by atoms with Crippen LogP contribution < -0.4 is 10.6 Å². The van der Waals surface area contributed by atoms with E-state index in [1.165, 1.54) is 0 Å². The van der Waals surface area contributed by atoms with Crippen molar-refractivity contribution in [2.45, 2.75) is 33.1 Å². The lowest BCUT2D eigenvalue weighted by atomic mass is 9.87. The van der Waals surface area contributed by atoms with Gasteiger partial charge in [0.2, 0.25) is 5.91 Å². The molecule has 1 atom stereocenters. The number of guanidine groups is 1. The van der Waals surface area contributed by atoms with E-state index in [0.29, 0.717) is 18.4 Å². The van der Waals surface area contributed by atoms with Gasteiger partial charge < -0.3 is 20.3 Å². The number of nitrogens with one attached hydrogen (secondary N) is 2. The molecule has 2 aliphatic heterocycles. The molecule has 0 aromatic heterocycles. The molecule has 1 spiro atoms. The van der Waals surface area contributed by atoms with Crippen molar-refractivity contribution >= 4 is 33.5 Å². The predicted octanol–water partition coefficient (Wildman–Crippen LogP) is 3.16. The number of carbonyl (C=O) groups excluding carboxylic acids is 1. The molecule has 6 nitrogen and oxygen atoms in total. The molecule has 2 aliphatic rings. The Morgan fingerprint density at radius 1 is 1.41 bits per heavy atom. The average Bonchev–Trinajstić information content (AvgIpc) is 3.27. The van der Waals surface area contributed by atoms with Gasteiger partial charge in [0, 0.05) is 48.2 Å². The summed E-state index contributed by atoms with van der Waals surface area (Å²) in [5.41, 5.74) is 2.18. The van der Waals surface area contributed by atoms with Crippen molar-refractivity contribution < 1.29 is 9.53 Å². The highest BCUT2D eigenvalue weighted by Gasteiger charge is 2.42. The van der Waals surface area contributed by atoms with Crippen LogP contribution in [-0.4, -0.2) is 56.2 Å². The van der Waals surface area contributed by atoms with Crippen molar-refractivity contribution in [3.63, 3.8) is 0 Å². The second-order valence-electron chi connectivity index (χ2n) is 7.47. The van der Waals surface area contributed by atoms with Gasteiger partial charge in [0.05, 0.1) is 13.2 Å². The van der Waals surface area contributed by atoms with Gasteiger partial charge in [-0.25, -0.2) is 0 Å². The molecule has 0 radical (unpaired) electrons. The van der Waals surface area contributed by atoms with Gasteiger partial charge in [0.15, 0.2) is 5.96 Å². The van der Waals surface area contributed by atoms with E-state index in [0.717, 1.165) is 67.4 Å². The summed E-state index contributed by atoms with van der Waals surface area (Å²) < 4.78 is 6.62. The Morgan fingerprint density at radius 3 is 2.96 bits per heavy atom. The van der Waals surface area contributed by atoms with Crippen molar-refractivity contribution in [3.05, 3.63) is 28.2 Å². The number of rotatable bonds is 5. The molecular formula is C20H29BrN4O2. The standard InChI is InChI=1S/C20H29BrN4O2/c1-3-22-19(25-10-7-20(13-25)8-11-27-14-20)23-9-6-18(26)24-17-5-4-16(21)12-15(17)2/h4-5,12H,3,6-11,13-14H2,1-2H3,(H,22,23)(H,24,26). The van der Waals surface area contributed by atoms with Gasteiger partial charge in [-0.2, -0.15) is 0 Å². The van der Waals surface area contributed by atoms with Crippen molar-refractivity contribution in [2.75, 3.05) is 44.7 Å². The fourth-order valence-corrected chi connectivity index (χ4v) is 4.23. The van der Waals surface area contributed by atoms with Gasteiger partial charge >= 0.3 is 0 Å². The molecule has 2 saturated heterocycles. The second-order valence-corrected chi connectivity index (χ2v) is 8.38. The van der Waals surface area contributed by atoms with E-state index in [-0.39, 0.29) is 5.91 Å². The Balaban J connectivity index is 1.53. The quantitative estimate of drug-likeness (QED) is 0.549. The van der Waals surface area contributed by atoms with E-state index >= 15 is 0 Å². The van der Waals surface area contributed by atoms with Crippen LogP contribution in [-0.2, 0) is 9.53 Å². The summed E-state index contributed by atoms with van der Waals surface area (Å²) in [5.74, 6) is 0.899. The molecule has 0 saturated carbocycles. The Kier molecular flexibility index (Phi) is 6.76. The smallest absolute Gasteiger partial charge is 0.226 e. The van der Waals surface area contributed by atoms with Crippen LogP contribution >= 0.6 is 15.9 Å². The zero-order chi connectivity index (χ0) is 19.3. The molecule has 0 aliphatic carbocycles. The van der Waals surface area contributed by atoms with Crippen LogP contribution in [0.3, 0.4) is 0 Å². The van der Waals surface area contributed by atoms with Crippen LogP contribution in [0.1, 0.15) is 31.7 Å². The number of amides is 1. The summed E-state index contributed by atoms with van der Waals surface area (Å²) in [6, 6.07) is 5.84. The lowest BCUT2D eigenvalue weighted by Gasteiger charge is -2.24. The van der Waals surface area contributed by atoms with Crippen LogP contribution in [0.15, 0.2) is 27.7 Å². The summed E-state index contributed by atoms with van der Waals surface area (Å²) in [7, 11) is 0. The maximum Gasteiger partial charge on any atom is 0.226 e. The van der Waals surface area contributed by atoms with Crippen LogP contribution in [0.4, 0.5) is 5.69 Å². The topological polar surface area (TPSA) is 66.0 Å². The van der Waals surface area contributed by atoms with Gasteiger partial charge in [-0.1, -0.05) is 15.9 Å². The molecule has 3 rings (SSSR count). The molecule has 2 heterocycles. The zero-order valence-corrected chi connectivity index (χ0v) is 17.8. The van der Waals surface area contributed by atoms with Crippen molar-refractivity contribution in [3.8, 4) is 0 Å². The summed E-state index contributed by atoms with van der Waals surface area (Å²) in [5, 5.41) is 6.34. The third kappa shape index (κ3) is 5.23. The van der Waals surface area contributed by atoms with Gasteiger partial charge in [0.1, 0.15) is 0 Å². The van der Waals surface area contributed by atoms with E-state index in [4.69, 9.17) is 9.73 Å². The van der Waals surface area contributed by atoms with Gasteiger partial charge in [-0.15, -0.1) is 0 Å². The number of hydrogen-bond donors (Lipinski definition) is 2. The normalized spacial score (nSPS) is 22.5. The lowest BCUT2D eigenvalue weighted by Crippen LogP contribution is -2.41. The minimum absolute atomic E-state index is 0.0119. The van der Waals surface area contributed by atoms with Crippen LogP contribution in [0.5, 0.6) is 0 Å². The Morgan fingerprint density at radius 2 is 2.26 bits per heavy atom. The van der Waals surface area contributed by atoms with E-state index in [1.54, 1.807) is 0 Å². The number of anilines is 1. The summed E-state index contributed by atoms with van der Waals surface area (Å²) in [6.07, 6.45) is 2.66. The van der Waals surface area contributed by atoms with Crippen molar-refractivity contribution in [1.29, 1.82) is 0 Å². The first kappa shape index (κ1) is 20.1. The molecule has 1 aromatic rings. The van der Waals surface area contributed by atoms with Crippen LogP contribution in [0.2, 0.25) is 0 Å². The fraction of sp³-hybridized carbons (Fsp3) is 0.600. The number of benzene rings is 1. The van der Waals surface area contributed by atoms with E-state index in [1.807, 2.05) is 25.1 Å². The molecule has 27 heavy (non-hydrogen) atoms. The Labute approximate surface area is 169 Å². The maximum absolute atomic E-state index is 12.3. The van der Waals surface area contributed by atoms with Gasteiger partial charge in [0.25, 0.3) is 0 Å². The van der Waals surface area contributed by atoms with Crippen LogP contribution in [0, 0.1) is 12.3 Å². The van der Waals surface area contributed by atoms with E-state index in [2.05, 4.69) is 38.4 Å². The molecule has 2 fully saturated rings. The number of halogens is 1. The zero-order valence-electron chi connectivity index (χ0n) is 16.2. The highest BCUT2D eigenvalue weighted by molar-refractivity contribution is 9.10. The molecule has 0 bridgehead atoms. The molecule has 1 aromatic carbocycles. The third-order valence-corrected chi connectivity index (χ3v) is 5.81. The highest BCUT2D eigenvalue weighted by Crippen LogP contribution is 2.38. The number of aryl methyl sites for hydroxylation is 1. The first-order valence-corrected chi connectivity index (χ1v) is 10.5. The number of hydrogen-bond acceptors (Lipinski definition) is 3. The molecular weight excluding hydrogens is 408 g/mol. The summed E-state index contributed by atoms with van der Waals surface area (Å²) in [6.45, 7) is 9.07. The van der Waals surface area contributed by atoms with Crippen molar-refractivity contribution in [2.24, 2.45) is 10.4 Å². The first-order chi connectivity index (χ1) is 13.0. The molecule has 1 unspecified atom stereocenters. The summed E-state index contributed by atoms with van der Waals surface area (Å²) >= 11 is 3.44. The van der Waals surface area contributed by atoms with E-state index in [9.17, 15) is 4.79 Å². The minimum Gasteiger partial charge on any atom is -0.381 e. The first-order valence-electron chi connectivity index (χ1n) is 9.68. The Hall–Kier alpha value is -1.60. The second kappa shape index (κ2) is 9.06. The van der Waals surface area contributed by atoms with Crippen LogP contribution in [0.25, 0.3) is 0 Å². The van der Waals surface area contributed by atoms with Gasteiger partial charge in [-0.05, 0) is 50.5 Å². The minimum atomic E-state index is -0.0119. The Bertz CT molecular complexity index is 701.